The van der Waals surface area contributed by atoms with Crippen LogP contribution in [0.4, 0.5) is 0 Å². The van der Waals surface area contributed by atoms with Crippen molar-refractivity contribution in [1.82, 2.24) is 0 Å². The molecule has 0 unspecified atom stereocenters. The first kappa shape index (κ1) is 11.0. The van der Waals surface area contributed by atoms with Crippen molar-refractivity contribution in [1.29, 1.82) is 0 Å². The van der Waals surface area contributed by atoms with Gasteiger partial charge in [-0.2, -0.15) is 0 Å². The van der Waals surface area contributed by atoms with E-state index in [1.165, 1.54) is 6.07 Å². The molecule has 3 nitrogen and oxygen atoms in total. The van der Waals surface area contributed by atoms with Gasteiger partial charge in [0.2, 0.25) is 0 Å². The molecule has 2 N–H and O–H groups in total. The van der Waals surface area contributed by atoms with Gasteiger partial charge in [-0.25, -0.2) is 4.79 Å². The summed E-state index contributed by atoms with van der Waals surface area (Å²) < 4.78 is 0. The predicted molar refractivity (Wildman–Crippen MR) is 63.4 cm³/mol. The Morgan fingerprint density at radius 1 is 1.31 bits per heavy atom. The number of benzene rings is 1. The van der Waals surface area contributed by atoms with Gasteiger partial charge in [-0.15, -0.1) is 11.3 Å². The lowest BCUT2D eigenvalue weighted by atomic mass is 10.2. The first-order chi connectivity index (χ1) is 7.59. The van der Waals surface area contributed by atoms with Gasteiger partial charge >= 0.3 is 5.97 Å². The third kappa shape index (κ3) is 1.89. The zero-order valence-electron chi connectivity index (χ0n) is 7.98. The third-order valence-electron chi connectivity index (χ3n) is 2.05. The van der Waals surface area contributed by atoms with Gasteiger partial charge in [0.05, 0.1) is 0 Å². The Labute approximate surface area is 101 Å². The Morgan fingerprint density at radius 2 is 2.00 bits per heavy atom. The SMILES string of the molecule is O=C(O)c1sc(-c2ccccc2Cl)cc1O. The van der Waals surface area contributed by atoms with Crippen molar-refractivity contribution in [2.75, 3.05) is 0 Å². The van der Waals surface area contributed by atoms with Gasteiger partial charge in [-0.1, -0.05) is 29.8 Å². The molecule has 2 aromatic rings. The number of carboxylic acids is 1. The number of hydrogen-bond donors (Lipinski definition) is 2. The second-order valence-corrected chi connectivity index (χ2v) is 4.57. The lowest BCUT2D eigenvalue weighted by molar-refractivity contribution is 0.0699. The largest absolute Gasteiger partial charge is 0.506 e. The molecule has 5 heteroatoms. The Hall–Kier alpha value is -1.52. The van der Waals surface area contributed by atoms with Crippen molar-refractivity contribution in [2.45, 2.75) is 0 Å². The molecule has 1 aromatic carbocycles. The number of thiophene rings is 1. The van der Waals surface area contributed by atoms with Crippen LogP contribution in [0.15, 0.2) is 30.3 Å². The fraction of sp³-hybridized carbons (Fsp3) is 0. The molecule has 1 aromatic heterocycles. The molecule has 0 aliphatic heterocycles. The summed E-state index contributed by atoms with van der Waals surface area (Å²) in [6.45, 7) is 0. The number of halogens is 1. The highest BCUT2D eigenvalue weighted by Crippen LogP contribution is 2.38. The Bertz CT molecular complexity index is 548. The molecule has 0 amide bonds. The van der Waals surface area contributed by atoms with Crippen LogP contribution in [0.5, 0.6) is 5.75 Å². The van der Waals surface area contributed by atoms with Crippen molar-refractivity contribution >= 4 is 28.9 Å². The van der Waals surface area contributed by atoms with Crippen molar-refractivity contribution < 1.29 is 15.0 Å². The van der Waals surface area contributed by atoms with Crippen LogP contribution in [0.2, 0.25) is 5.02 Å². The fourth-order valence-corrected chi connectivity index (χ4v) is 2.55. The number of carboxylic acid groups (broad SMARTS) is 1. The standard InChI is InChI=1S/C11H7ClO3S/c12-7-4-2-1-3-6(7)9-5-8(13)10(16-9)11(14)15/h1-5,13H,(H,14,15). The maximum Gasteiger partial charge on any atom is 0.349 e. The fourth-order valence-electron chi connectivity index (χ4n) is 1.33. The molecule has 0 fully saturated rings. The van der Waals surface area contributed by atoms with Gasteiger partial charge in [0.15, 0.2) is 4.88 Å². The second kappa shape index (κ2) is 4.15. The van der Waals surface area contributed by atoms with E-state index < -0.39 is 5.97 Å². The Morgan fingerprint density at radius 3 is 2.56 bits per heavy atom. The summed E-state index contributed by atoms with van der Waals surface area (Å²) in [5, 5.41) is 18.8. The minimum absolute atomic E-state index is 0.0741. The molecule has 0 spiro atoms. The van der Waals surface area contributed by atoms with Gasteiger partial charge in [0.25, 0.3) is 0 Å². The highest BCUT2D eigenvalue weighted by atomic mass is 35.5. The average molecular weight is 255 g/mol. The molecule has 0 aliphatic rings. The first-order valence-corrected chi connectivity index (χ1v) is 5.60. The van der Waals surface area contributed by atoms with Crippen molar-refractivity contribution in [3.05, 3.63) is 40.2 Å². The van der Waals surface area contributed by atoms with E-state index in [1.807, 2.05) is 0 Å². The van der Waals surface area contributed by atoms with Crippen LogP contribution in [0.1, 0.15) is 9.67 Å². The van der Waals surface area contributed by atoms with E-state index in [0.717, 1.165) is 16.9 Å². The van der Waals surface area contributed by atoms with Gasteiger partial charge in [-0.3, -0.25) is 0 Å². The molecule has 16 heavy (non-hydrogen) atoms. The van der Waals surface area contributed by atoms with Crippen LogP contribution in [-0.2, 0) is 0 Å². The van der Waals surface area contributed by atoms with Crippen LogP contribution in [0, 0.1) is 0 Å². The molecular formula is C11H7ClO3S. The third-order valence-corrected chi connectivity index (χ3v) is 3.52. The van der Waals surface area contributed by atoms with E-state index in [0.29, 0.717) is 9.90 Å². The summed E-state index contributed by atoms with van der Waals surface area (Å²) in [5.74, 6) is -1.37. The van der Waals surface area contributed by atoms with E-state index >= 15 is 0 Å². The number of aromatic hydroxyl groups is 1. The monoisotopic (exact) mass is 254 g/mol. The van der Waals surface area contributed by atoms with Crippen molar-refractivity contribution in [3.63, 3.8) is 0 Å². The molecule has 0 radical (unpaired) electrons. The van der Waals surface area contributed by atoms with Crippen LogP contribution in [-0.4, -0.2) is 16.2 Å². The van der Waals surface area contributed by atoms with Gasteiger partial charge in [0, 0.05) is 15.5 Å². The first-order valence-electron chi connectivity index (χ1n) is 4.40. The predicted octanol–water partition coefficient (Wildman–Crippen LogP) is 3.47. The minimum atomic E-state index is -1.14. The van der Waals surface area contributed by atoms with Crippen LogP contribution in [0.3, 0.4) is 0 Å². The lowest BCUT2D eigenvalue weighted by Gasteiger charge is -1.98. The Balaban J connectivity index is 2.54. The molecule has 0 saturated heterocycles. The smallest absolute Gasteiger partial charge is 0.349 e. The molecule has 0 atom stereocenters. The molecule has 1 heterocycles. The van der Waals surface area contributed by atoms with E-state index in [-0.39, 0.29) is 10.6 Å². The van der Waals surface area contributed by atoms with Gasteiger partial charge in [-0.05, 0) is 12.1 Å². The van der Waals surface area contributed by atoms with Gasteiger partial charge in [0.1, 0.15) is 5.75 Å². The van der Waals surface area contributed by atoms with Gasteiger partial charge < -0.3 is 10.2 Å². The summed E-state index contributed by atoms with van der Waals surface area (Å²) in [6.07, 6.45) is 0. The lowest BCUT2D eigenvalue weighted by Crippen LogP contribution is -1.90. The molecule has 0 bridgehead atoms. The molecule has 0 saturated carbocycles. The number of rotatable bonds is 2. The number of carbonyl (C=O) groups is 1. The van der Waals surface area contributed by atoms with E-state index in [1.54, 1.807) is 24.3 Å². The summed E-state index contributed by atoms with van der Waals surface area (Å²) >= 11 is 6.98. The highest BCUT2D eigenvalue weighted by molar-refractivity contribution is 7.17. The summed E-state index contributed by atoms with van der Waals surface area (Å²) in [5.41, 5.74) is 0.719. The molecule has 2 rings (SSSR count). The van der Waals surface area contributed by atoms with Crippen LogP contribution < -0.4 is 0 Å². The van der Waals surface area contributed by atoms with E-state index in [2.05, 4.69) is 0 Å². The van der Waals surface area contributed by atoms with Crippen LogP contribution >= 0.6 is 22.9 Å². The Kier molecular flexibility index (Phi) is 2.85. The molecular weight excluding hydrogens is 248 g/mol. The topological polar surface area (TPSA) is 57.5 Å². The van der Waals surface area contributed by atoms with Crippen molar-refractivity contribution in [2.24, 2.45) is 0 Å². The maximum absolute atomic E-state index is 10.8. The zero-order valence-corrected chi connectivity index (χ0v) is 9.55. The molecule has 0 aliphatic carbocycles. The maximum atomic E-state index is 10.8. The quantitative estimate of drug-likeness (QED) is 0.863. The normalized spacial score (nSPS) is 10.3. The minimum Gasteiger partial charge on any atom is -0.506 e. The summed E-state index contributed by atoms with van der Waals surface area (Å²) in [6, 6.07) is 8.50. The zero-order chi connectivity index (χ0) is 11.7. The average Bonchev–Trinajstić information content (AvgIpc) is 2.61. The van der Waals surface area contributed by atoms with Crippen molar-refractivity contribution in [3.8, 4) is 16.2 Å². The van der Waals surface area contributed by atoms with E-state index in [4.69, 9.17) is 16.7 Å². The number of aromatic carboxylic acids is 1. The second-order valence-electron chi connectivity index (χ2n) is 3.11. The summed E-state index contributed by atoms with van der Waals surface area (Å²) in [4.78, 5) is 11.3. The number of hydrogen-bond acceptors (Lipinski definition) is 3. The summed E-state index contributed by atoms with van der Waals surface area (Å²) in [7, 11) is 0. The van der Waals surface area contributed by atoms with E-state index in [9.17, 15) is 9.90 Å². The molecule has 82 valence electrons. The highest BCUT2D eigenvalue weighted by Gasteiger charge is 2.16. The van der Waals surface area contributed by atoms with Crippen LogP contribution in [0.25, 0.3) is 10.4 Å².